The van der Waals surface area contributed by atoms with E-state index in [2.05, 4.69) is 9.97 Å². The van der Waals surface area contributed by atoms with Crippen LogP contribution in [0.3, 0.4) is 0 Å². The number of ether oxygens (including phenoxy) is 1. The Kier molecular flexibility index (Phi) is 4.07. The molecule has 0 aromatic carbocycles. The number of rotatable bonds is 4. The van der Waals surface area contributed by atoms with Crippen molar-refractivity contribution in [3.8, 4) is 0 Å². The summed E-state index contributed by atoms with van der Waals surface area (Å²) in [6.07, 6.45) is 9.43. The first-order valence-electron chi connectivity index (χ1n) is 6.36. The Hall–Kier alpha value is -1.00. The van der Waals surface area contributed by atoms with Crippen molar-refractivity contribution in [3.05, 3.63) is 24.3 Å². The Morgan fingerprint density at radius 3 is 2.71 bits per heavy atom. The zero-order valence-electron chi connectivity index (χ0n) is 10.3. The summed E-state index contributed by atoms with van der Waals surface area (Å²) < 4.78 is 5.87. The Labute approximate surface area is 102 Å². The van der Waals surface area contributed by atoms with E-state index >= 15 is 0 Å². The van der Waals surface area contributed by atoms with Crippen molar-refractivity contribution in [2.75, 3.05) is 6.61 Å². The standard InChI is InChI=1S/C13H20N2O2/c1-2-17-13(6-4-3-5-7-13)12(16)11-10-14-8-9-15-11/h8-10,12,16H,2-7H2,1H3. The fraction of sp³-hybridized carbons (Fsp3) is 0.692. The van der Waals surface area contributed by atoms with Gasteiger partial charge < -0.3 is 9.84 Å². The molecule has 2 rings (SSSR count). The van der Waals surface area contributed by atoms with Gasteiger partial charge in [-0.1, -0.05) is 19.3 Å². The van der Waals surface area contributed by atoms with Crippen molar-refractivity contribution in [1.82, 2.24) is 9.97 Å². The van der Waals surface area contributed by atoms with Gasteiger partial charge in [0.1, 0.15) is 6.10 Å². The molecule has 0 aliphatic heterocycles. The Morgan fingerprint density at radius 2 is 2.12 bits per heavy atom. The molecule has 1 aromatic heterocycles. The molecule has 1 fully saturated rings. The van der Waals surface area contributed by atoms with E-state index < -0.39 is 11.7 Å². The summed E-state index contributed by atoms with van der Waals surface area (Å²) in [7, 11) is 0. The number of aliphatic hydroxyl groups excluding tert-OH is 1. The zero-order valence-corrected chi connectivity index (χ0v) is 10.3. The van der Waals surface area contributed by atoms with Crippen LogP contribution in [0.5, 0.6) is 0 Å². The fourth-order valence-electron chi connectivity index (χ4n) is 2.66. The molecule has 4 nitrogen and oxygen atoms in total. The Balaban J connectivity index is 2.20. The maximum absolute atomic E-state index is 10.5. The number of aromatic nitrogens is 2. The molecule has 1 aliphatic carbocycles. The molecule has 1 unspecified atom stereocenters. The minimum absolute atomic E-state index is 0.455. The third-order valence-electron chi connectivity index (χ3n) is 3.49. The van der Waals surface area contributed by atoms with Crippen LogP contribution in [0.4, 0.5) is 0 Å². The van der Waals surface area contributed by atoms with Crippen molar-refractivity contribution in [2.45, 2.75) is 50.7 Å². The van der Waals surface area contributed by atoms with Gasteiger partial charge in [0.15, 0.2) is 0 Å². The molecule has 1 aliphatic rings. The molecule has 17 heavy (non-hydrogen) atoms. The quantitative estimate of drug-likeness (QED) is 0.871. The largest absolute Gasteiger partial charge is 0.384 e. The first-order valence-corrected chi connectivity index (χ1v) is 6.36. The lowest BCUT2D eigenvalue weighted by molar-refractivity contribution is -0.143. The molecule has 1 heterocycles. The van der Waals surface area contributed by atoms with Crippen LogP contribution in [0.2, 0.25) is 0 Å². The molecule has 1 atom stereocenters. The first kappa shape index (κ1) is 12.5. The monoisotopic (exact) mass is 236 g/mol. The normalized spacial score (nSPS) is 21.1. The van der Waals surface area contributed by atoms with Gasteiger partial charge in [0.25, 0.3) is 0 Å². The molecule has 0 amide bonds. The van der Waals surface area contributed by atoms with Gasteiger partial charge in [-0.15, -0.1) is 0 Å². The van der Waals surface area contributed by atoms with Gasteiger partial charge in [-0.25, -0.2) is 0 Å². The van der Waals surface area contributed by atoms with Crippen molar-refractivity contribution >= 4 is 0 Å². The highest BCUT2D eigenvalue weighted by Gasteiger charge is 2.41. The maximum Gasteiger partial charge on any atom is 0.126 e. The van der Waals surface area contributed by atoms with Gasteiger partial charge >= 0.3 is 0 Å². The second kappa shape index (κ2) is 5.56. The van der Waals surface area contributed by atoms with Gasteiger partial charge in [0.2, 0.25) is 0 Å². The van der Waals surface area contributed by atoms with Crippen molar-refractivity contribution in [3.63, 3.8) is 0 Å². The van der Waals surface area contributed by atoms with Gasteiger partial charge in [-0.05, 0) is 19.8 Å². The fourth-order valence-corrected chi connectivity index (χ4v) is 2.66. The van der Waals surface area contributed by atoms with Crippen LogP contribution >= 0.6 is 0 Å². The minimum atomic E-state index is -0.670. The molecular weight excluding hydrogens is 216 g/mol. The van der Waals surface area contributed by atoms with Crippen molar-refractivity contribution < 1.29 is 9.84 Å². The van der Waals surface area contributed by atoms with Crippen LogP contribution in [-0.4, -0.2) is 27.3 Å². The summed E-state index contributed by atoms with van der Waals surface area (Å²) >= 11 is 0. The van der Waals surface area contributed by atoms with Crippen LogP contribution in [0, 0.1) is 0 Å². The van der Waals surface area contributed by atoms with E-state index in [1.165, 1.54) is 6.42 Å². The van der Waals surface area contributed by atoms with Crippen LogP contribution in [0.15, 0.2) is 18.6 Å². The van der Waals surface area contributed by atoms with Crippen molar-refractivity contribution in [2.24, 2.45) is 0 Å². The number of hydrogen-bond donors (Lipinski definition) is 1. The van der Waals surface area contributed by atoms with Crippen LogP contribution in [0.1, 0.15) is 50.8 Å². The minimum Gasteiger partial charge on any atom is -0.384 e. The molecule has 0 radical (unpaired) electrons. The Bertz CT molecular complexity index is 331. The van der Waals surface area contributed by atoms with Gasteiger partial charge in [0.05, 0.1) is 17.5 Å². The second-order valence-corrected chi connectivity index (χ2v) is 4.59. The highest BCUT2D eigenvalue weighted by atomic mass is 16.5. The summed E-state index contributed by atoms with van der Waals surface area (Å²) in [5.41, 5.74) is 0.158. The number of nitrogens with zero attached hydrogens (tertiary/aromatic N) is 2. The molecular formula is C13H20N2O2. The van der Waals surface area contributed by atoms with Gasteiger partial charge in [0, 0.05) is 19.0 Å². The maximum atomic E-state index is 10.5. The molecule has 0 spiro atoms. The zero-order chi connectivity index (χ0) is 12.1. The van der Waals surface area contributed by atoms with E-state index in [1.54, 1.807) is 18.6 Å². The van der Waals surface area contributed by atoms with Crippen LogP contribution in [0.25, 0.3) is 0 Å². The SMILES string of the molecule is CCOC1(C(O)c2cnccn2)CCCCC1. The van der Waals surface area contributed by atoms with Gasteiger partial charge in [-0.2, -0.15) is 0 Å². The van der Waals surface area contributed by atoms with Gasteiger partial charge in [-0.3, -0.25) is 9.97 Å². The predicted octanol–water partition coefficient (Wildman–Crippen LogP) is 2.25. The third-order valence-corrected chi connectivity index (χ3v) is 3.49. The summed E-state index contributed by atoms with van der Waals surface area (Å²) in [5, 5.41) is 10.5. The summed E-state index contributed by atoms with van der Waals surface area (Å²) in [6.45, 7) is 2.59. The number of aliphatic hydroxyl groups is 1. The molecule has 1 N–H and O–H groups in total. The highest BCUT2D eigenvalue weighted by Crippen LogP contribution is 2.40. The smallest absolute Gasteiger partial charge is 0.126 e. The average Bonchev–Trinajstić information content (AvgIpc) is 2.40. The van der Waals surface area contributed by atoms with Crippen molar-refractivity contribution in [1.29, 1.82) is 0 Å². The van der Waals surface area contributed by atoms with Crippen LogP contribution in [-0.2, 0) is 4.74 Å². The van der Waals surface area contributed by atoms with E-state index in [0.29, 0.717) is 12.3 Å². The van der Waals surface area contributed by atoms with E-state index in [4.69, 9.17) is 4.74 Å². The Morgan fingerprint density at radius 1 is 1.35 bits per heavy atom. The van der Waals surface area contributed by atoms with Crippen LogP contribution < -0.4 is 0 Å². The molecule has 1 aromatic rings. The predicted molar refractivity (Wildman–Crippen MR) is 64.4 cm³/mol. The lowest BCUT2D eigenvalue weighted by atomic mass is 9.79. The molecule has 94 valence electrons. The highest BCUT2D eigenvalue weighted by molar-refractivity contribution is 5.07. The average molecular weight is 236 g/mol. The van der Waals surface area contributed by atoms with E-state index in [-0.39, 0.29) is 0 Å². The molecule has 1 saturated carbocycles. The second-order valence-electron chi connectivity index (χ2n) is 4.59. The lowest BCUT2D eigenvalue weighted by Gasteiger charge is -2.40. The molecule has 0 bridgehead atoms. The van der Waals surface area contributed by atoms with E-state index in [0.717, 1.165) is 25.7 Å². The molecule has 0 saturated heterocycles. The lowest BCUT2D eigenvalue weighted by Crippen LogP contribution is -2.41. The number of hydrogen-bond acceptors (Lipinski definition) is 4. The summed E-state index contributed by atoms with van der Waals surface area (Å²) in [6, 6.07) is 0. The summed E-state index contributed by atoms with van der Waals surface area (Å²) in [4.78, 5) is 8.20. The summed E-state index contributed by atoms with van der Waals surface area (Å²) in [5.74, 6) is 0. The first-order chi connectivity index (χ1) is 8.28. The van der Waals surface area contributed by atoms with E-state index in [9.17, 15) is 5.11 Å². The van der Waals surface area contributed by atoms with E-state index in [1.807, 2.05) is 6.92 Å². The molecule has 4 heteroatoms. The topological polar surface area (TPSA) is 55.2 Å². The third kappa shape index (κ3) is 2.64.